The summed E-state index contributed by atoms with van der Waals surface area (Å²) in [6.45, 7) is 1.45. The summed E-state index contributed by atoms with van der Waals surface area (Å²) in [5.74, 6) is 0.600. The number of rotatable bonds is 6. The summed E-state index contributed by atoms with van der Waals surface area (Å²) < 4.78 is 5.27. The van der Waals surface area contributed by atoms with Gasteiger partial charge < -0.3 is 14.6 Å². The van der Waals surface area contributed by atoms with Gasteiger partial charge >= 0.3 is 0 Å². The van der Waals surface area contributed by atoms with Crippen LogP contribution in [-0.4, -0.2) is 34.2 Å². The van der Waals surface area contributed by atoms with Crippen LogP contribution < -0.4 is 0 Å². The third-order valence-corrected chi connectivity index (χ3v) is 4.88. The lowest BCUT2D eigenvalue weighted by Gasteiger charge is -2.28. The van der Waals surface area contributed by atoms with E-state index in [1.54, 1.807) is 24.5 Å². The molecule has 2 heterocycles. The summed E-state index contributed by atoms with van der Waals surface area (Å²) in [6, 6.07) is 11.2. The highest BCUT2D eigenvalue weighted by Crippen LogP contribution is 2.30. The van der Waals surface area contributed by atoms with E-state index in [1.165, 1.54) is 0 Å². The molecule has 3 rings (SSSR count). The zero-order valence-electron chi connectivity index (χ0n) is 12.9. The van der Waals surface area contributed by atoms with Gasteiger partial charge in [0, 0.05) is 23.2 Å². The second kappa shape index (κ2) is 7.49. The highest BCUT2D eigenvalue weighted by atomic mass is 35.5. The molecule has 0 bridgehead atoms. The topological polar surface area (TPSA) is 56.8 Å². The van der Waals surface area contributed by atoms with E-state index < -0.39 is 12.2 Å². The molecule has 4 nitrogen and oxygen atoms in total. The SMILES string of the molecule is OC(CC1CCCN1CC(O)c1ccccc1Cl)c1ccco1. The van der Waals surface area contributed by atoms with Gasteiger partial charge in [-0.25, -0.2) is 0 Å². The molecule has 1 saturated heterocycles. The first-order valence-corrected chi connectivity index (χ1v) is 8.41. The Balaban J connectivity index is 1.62. The molecule has 1 aromatic carbocycles. The maximum absolute atomic E-state index is 10.5. The van der Waals surface area contributed by atoms with Crippen molar-refractivity contribution in [3.63, 3.8) is 0 Å². The fourth-order valence-electron chi connectivity index (χ4n) is 3.32. The van der Waals surface area contributed by atoms with Crippen LogP contribution in [0, 0.1) is 0 Å². The Hall–Kier alpha value is -1.33. The fraction of sp³-hybridized carbons (Fsp3) is 0.444. The highest BCUT2D eigenvalue weighted by Gasteiger charge is 2.29. The Bertz CT molecular complexity index is 616. The predicted molar refractivity (Wildman–Crippen MR) is 89.3 cm³/mol. The van der Waals surface area contributed by atoms with Gasteiger partial charge in [0.15, 0.2) is 0 Å². The van der Waals surface area contributed by atoms with E-state index in [2.05, 4.69) is 4.90 Å². The second-order valence-corrected chi connectivity index (χ2v) is 6.50. The number of β-amino-alcohol motifs (C(OH)–C–C–N with tert-alkyl or cyclic N) is 1. The standard InChI is InChI=1S/C18H22ClNO3/c19-15-7-2-1-6-14(15)17(22)12-20-9-3-5-13(20)11-16(21)18-8-4-10-23-18/h1-2,4,6-8,10,13,16-17,21-22H,3,5,9,11-12H2. The number of likely N-dealkylation sites (tertiary alicyclic amines) is 1. The van der Waals surface area contributed by atoms with E-state index in [9.17, 15) is 10.2 Å². The summed E-state index contributed by atoms with van der Waals surface area (Å²) >= 11 is 6.16. The highest BCUT2D eigenvalue weighted by molar-refractivity contribution is 6.31. The maximum Gasteiger partial charge on any atom is 0.132 e. The molecular weight excluding hydrogens is 314 g/mol. The zero-order chi connectivity index (χ0) is 16.2. The molecule has 0 spiro atoms. The second-order valence-electron chi connectivity index (χ2n) is 6.10. The first-order valence-electron chi connectivity index (χ1n) is 8.03. The van der Waals surface area contributed by atoms with Crippen molar-refractivity contribution in [3.05, 3.63) is 59.0 Å². The Morgan fingerprint density at radius 2 is 2.00 bits per heavy atom. The minimum Gasteiger partial charge on any atom is -0.467 e. The Labute approximate surface area is 141 Å². The summed E-state index contributed by atoms with van der Waals surface area (Å²) in [5, 5.41) is 21.4. The van der Waals surface area contributed by atoms with Crippen molar-refractivity contribution in [1.29, 1.82) is 0 Å². The average Bonchev–Trinajstić information content (AvgIpc) is 3.20. The molecule has 1 fully saturated rings. The fourth-order valence-corrected chi connectivity index (χ4v) is 3.58. The van der Waals surface area contributed by atoms with E-state index in [0.29, 0.717) is 23.7 Å². The minimum atomic E-state index is -0.620. The number of hydrogen-bond acceptors (Lipinski definition) is 4. The van der Waals surface area contributed by atoms with Crippen LogP contribution in [0.4, 0.5) is 0 Å². The molecule has 3 atom stereocenters. The molecule has 0 aliphatic carbocycles. The average molecular weight is 336 g/mol. The number of aliphatic hydroxyl groups excluding tert-OH is 2. The minimum absolute atomic E-state index is 0.243. The lowest BCUT2D eigenvalue weighted by atomic mass is 10.0. The van der Waals surface area contributed by atoms with Crippen LogP contribution in [0.1, 0.15) is 42.8 Å². The van der Waals surface area contributed by atoms with E-state index >= 15 is 0 Å². The van der Waals surface area contributed by atoms with Gasteiger partial charge in [0.1, 0.15) is 11.9 Å². The van der Waals surface area contributed by atoms with Gasteiger partial charge in [-0.15, -0.1) is 0 Å². The largest absolute Gasteiger partial charge is 0.467 e. The molecule has 3 unspecified atom stereocenters. The molecule has 1 aliphatic rings. The molecule has 0 amide bonds. The molecule has 23 heavy (non-hydrogen) atoms. The molecule has 2 N–H and O–H groups in total. The van der Waals surface area contributed by atoms with E-state index in [-0.39, 0.29) is 6.04 Å². The Kier molecular flexibility index (Phi) is 5.38. The number of hydrogen-bond donors (Lipinski definition) is 2. The van der Waals surface area contributed by atoms with Crippen LogP contribution >= 0.6 is 11.6 Å². The third kappa shape index (κ3) is 3.96. The van der Waals surface area contributed by atoms with Crippen molar-refractivity contribution in [2.75, 3.05) is 13.1 Å². The maximum atomic E-state index is 10.5. The van der Waals surface area contributed by atoms with Gasteiger partial charge in [-0.1, -0.05) is 29.8 Å². The van der Waals surface area contributed by atoms with Gasteiger partial charge in [-0.3, -0.25) is 4.90 Å². The van der Waals surface area contributed by atoms with Crippen molar-refractivity contribution in [2.24, 2.45) is 0 Å². The van der Waals surface area contributed by atoms with Crippen LogP contribution in [0.2, 0.25) is 5.02 Å². The Morgan fingerprint density at radius 3 is 2.74 bits per heavy atom. The van der Waals surface area contributed by atoms with Gasteiger partial charge in [0.2, 0.25) is 0 Å². The monoisotopic (exact) mass is 335 g/mol. The number of furan rings is 1. The van der Waals surface area contributed by atoms with Crippen LogP contribution in [-0.2, 0) is 0 Å². The van der Waals surface area contributed by atoms with E-state index in [4.69, 9.17) is 16.0 Å². The van der Waals surface area contributed by atoms with Crippen LogP contribution in [0.25, 0.3) is 0 Å². The van der Waals surface area contributed by atoms with Crippen molar-refractivity contribution in [1.82, 2.24) is 4.90 Å². The first-order chi connectivity index (χ1) is 11.1. The molecular formula is C18H22ClNO3. The first kappa shape index (κ1) is 16.5. The molecule has 124 valence electrons. The van der Waals surface area contributed by atoms with Crippen molar-refractivity contribution >= 4 is 11.6 Å². The molecule has 0 saturated carbocycles. The van der Waals surface area contributed by atoms with Crippen LogP contribution in [0.15, 0.2) is 47.1 Å². The third-order valence-electron chi connectivity index (χ3n) is 4.54. The molecule has 1 aromatic heterocycles. The van der Waals surface area contributed by atoms with Gasteiger partial charge in [-0.2, -0.15) is 0 Å². The van der Waals surface area contributed by atoms with Crippen molar-refractivity contribution < 1.29 is 14.6 Å². The zero-order valence-corrected chi connectivity index (χ0v) is 13.7. The van der Waals surface area contributed by atoms with Crippen LogP contribution in [0.3, 0.4) is 0 Å². The summed E-state index contributed by atoms with van der Waals surface area (Å²) in [4.78, 5) is 2.24. The van der Waals surface area contributed by atoms with E-state index in [0.717, 1.165) is 24.9 Å². The van der Waals surface area contributed by atoms with Gasteiger partial charge in [0.25, 0.3) is 0 Å². The molecule has 0 radical (unpaired) electrons. The molecule has 1 aliphatic heterocycles. The van der Waals surface area contributed by atoms with Crippen molar-refractivity contribution in [3.8, 4) is 0 Å². The number of aliphatic hydroxyl groups is 2. The molecule has 2 aromatic rings. The predicted octanol–water partition coefficient (Wildman–Crippen LogP) is 3.55. The summed E-state index contributed by atoms with van der Waals surface area (Å²) in [7, 11) is 0. The molecule has 5 heteroatoms. The number of benzene rings is 1. The quantitative estimate of drug-likeness (QED) is 0.847. The summed E-state index contributed by atoms with van der Waals surface area (Å²) in [5.41, 5.74) is 0.756. The van der Waals surface area contributed by atoms with E-state index in [1.807, 2.05) is 18.2 Å². The summed E-state index contributed by atoms with van der Waals surface area (Å²) in [6.07, 6.45) is 3.06. The lowest BCUT2D eigenvalue weighted by molar-refractivity contribution is 0.0708. The smallest absolute Gasteiger partial charge is 0.132 e. The lowest BCUT2D eigenvalue weighted by Crippen LogP contribution is -2.34. The number of nitrogens with zero attached hydrogens (tertiary/aromatic N) is 1. The van der Waals surface area contributed by atoms with Gasteiger partial charge in [0.05, 0.1) is 12.4 Å². The van der Waals surface area contributed by atoms with Gasteiger partial charge in [-0.05, 0) is 44.0 Å². The normalized spacial score (nSPS) is 21.4. The Morgan fingerprint density at radius 1 is 1.17 bits per heavy atom. The van der Waals surface area contributed by atoms with Crippen LogP contribution in [0.5, 0.6) is 0 Å². The van der Waals surface area contributed by atoms with Crippen molar-refractivity contribution in [2.45, 2.75) is 37.5 Å². The number of halogens is 1.